The number of fused-ring (bicyclic) bond motifs is 1. The molecule has 3 heterocycles. The third-order valence-corrected chi connectivity index (χ3v) is 7.81. The van der Waals surface area contributed by atoms with Crippen molar-refractivity contribution in [3.63, 3.8) is 0 Å². The molecule has 0 bridgehead atoms. The summed E-state index contributed by atoms with van der Waals surface area (Å²) in [4.78, 5) is 20.4. The summed E-state index contributed by atoms with van der Waals surface area (Å²) in [5.74, 6) is 0.999. The van der Waals surface area contributed by atoms with E-state index in [1.807, 2.05) is 6.07 Å². The van der Waals surface area contributed by atoms with Crippen LogP contribution in [-0.2, 0) is 6.42 Å². The molecule has 0 saturated heterocycles. The fourth-order valence-corrected chi connectivity index (χ4v) is 5.92. The van der Waals surface area contributed by atoms with Gasteiger partial charge in [-0.25, -0.2) is 14.2 Å². The quantitative estimate of drug-likeness (QED) is 0.487. The Balaban J connectivity index is 1.28. The molecule has 34 heavy (non-hydrogen) atoms. The lowest BCUT2D eigenvalue weighted by molar-refractivity contribution is 0.118. The molecule has 3 N–H and O–H groups in total. The Bertz CT molecular complexity index is 1160. The first-order chi connectivity index (χ1) is 16.4. The molecule has 2 amide bonds. The zero-order valence-electron chi connectivity index (χ0n) is 19.1. The van der Waals surface area contributed by atoms with Crippen molar-refractivity contribution in [3.8, 4) is 11.3 Å². The second kappa shape index (κ2) is 9.34. The average Bonchev–Trinajstić information content (AvgIpc) is 3.43. The number of hydrogen-bond donors (Lipinski definition) is 3. The van der Waals surface area contributed by atoms with E-state index in [0.29, 0.717) is 29.6 Å². The molecular formula is C24H28FN5O3S. The van der Waals surface area contributed by atoms with Gasteiger partial charge in [0.15, 0.2) is 16.7 Å². The second-order valence-corrected chi connectivity index (χ2v) is 10.2. The Kier molecular flexibility index (Phi) is 6.26. The highest BCUT2D eigenvalue weighted by atomic mass is 32.1. The third kappa shape index (κ3) is 4.65. The van der Waals surface area contributed by atoms with Crippen LogP contribution in [0.5, 0.6) is 0 Å². The van der Waals surface area contributed by atoms with Crippen molar-refractivity contribution < 1.29 is 18.8 Å². The van der Waals surface area contributed by atoms with Crippen LogP contribution in [0.1, 0.15) is 56.1 Å². The van der Waals surface area contributed by atoms with Gasteiger partial charge in [0.05, 0.1) is 22.7 Å². The number of aromatic nitrogens is 2. The van der Waals surface area contributed by atoms with Gasteiger partial charge in [-0.2, -0.15) is 0 Å². The van der Waals surface area contributed by atoms with Crippen LogP contribution < -0.4 is 15.5 Å². The van der Waals surface area contributed by atoms with Crippen LogP contribution in [0.4, 0.5) is 20.1 Å². The topological polar surface area (TPSA) is 104 Å². The molecule has 3 aromatic rings. The van der Waals surface area contributed by atoms with Crippen LogP contribution in [0, 0.1) is 5.82 Å². The lowest BCUT2D eigenvalue weighted by atomic mass is 9.93. The predicted octanol–water partition coefficient (Wildman–Crippen LogP) is 4.87. The van der Waals surface area contributed by atoms with Gasteiger partial charge < -0.3 is 19.8 Å². The lowest BCUT2D eigenvalue weighted by Gasteiger charge is -2.37. The Morgan fingerprint density at radius 2 is 1.94 bits per heavy atom. The number of nitrogens with zero attached hydrogens (tertiary/aromatic N) is 3. The van der Waals surface area contributed by atoms with Gasteiger partial charge in [-0.05, 0) is 63.8 Å². The summed E-state index contributed by atoms with van der Waals surface area (Å²) < 4.78 is 18.8. The summed E-state index contributed by atoms with van der Waals surface area (Å²) in [5.41, 5.74) is 1.75. The molecule has 1 aromatic carbocycles. The molecule has 1 aliphatic carbocycles. The minimum absolute atomic E-state index is 0.000797. The average molecular weight is 486 g/mol. The van der Waals surface area contributed by atoms with Crippen LogP contribution in [0.25, 0.3) is 11.3 Å². The van der Waals surface area contributed by atoms with Crippen LogP contribution in [0.3, 0.4) is 0 Å². The standard InChI is InChI=1S/C24H28FN5O3S/c1-13-11-19-22(34-24(27-19)28-23(32)26-17-7-9-18(31)10-8-17)14(2)30(13)21-12-20(33-29-21)15-3-5-16(25)6-4-15/h3-6,12-14,17-18,31H,7-11H2,1-2H3,(H2,26,27,28,32)/t13-,14+,17-,18+/m1/s1. The Morgan fingerprint density at radius 3 is 2.68 bits per heavy atom. The van der Waals surface area contributed by atoms with Crippen LogP contribution in [-0.4, -0.2) is 39.5 Å². The maximum Gasteiger partial charge on any atom is 0.321 e. The number of rotatable bonds is 4. The number of carbonyl (C=O) groups excluding carboxylic acids is 1. The van der Waals surface area contributed by atoms with E-state index < -0.39 is 0 Å². The van der Waals surface area contributed by atoms with Crippen LogP contribution >= 0.6 is 11.3 Å². The molecule has 0 radical (unpaired) electrons. The molecule has 2 atom stereocenters. The van der Waals surface area contributed by atoms with Crippen molar-refractivity contribution >= 4 is 28.3 Å². The maximum atomic E-state index is 13.3. The smallest absolute Gasteiger partial charge is 0.321 e. The Morgan fingerprint density at radius 1 is 1.21 bits per heavy atom. The molecule has 10 heteroatoms. The van der Waals surface area contributed by atoms with Gasteiger partial charge in [0.1, 0.15) is 5.82 Å². The van der Waals surface area contributed by atoms with Crippen LogP contribution in [0.2, 0.25) is 0 Å². The molecule has 1 saturated carbocycles. The van der Waals surface area contributed by atoms with Gasteiger partial charge in [-0.3, -0.25) is 5.32 Å². The summed E-state index contributed by atoms with van der Waals surface area (Å²) in [6.07, 6.45) is 3.46. The van der Waals surface area contributed by atoms with Gasteiger partial charge >= 0.3 is 6.03 Å². The molecule has 8 nitrogen and oxygen atoms in total. The number of thiazole rings is 1. The molecule has 0 spiro atoms. The van der Waals surface area contributed by atoms with Crippen molar-refractivity contribution in [1.29, 1.82) is 0 Å². The highest BCUT2D eigenvalue weighted by Gasteiger charge is 2.34. The number of urea groups is 1. The van der Waals surface area contributed by atoms with Crippen molar-refractivity contribution in [2.24, 2.45) is 0 Å². The van der Waals surface area contributed by atoms with Gasteiger partial charge in [-0.15, -0.1) is 0 Å². The Labute approximate surface area is 201 Å². The van der Waals surface area contributed by atoms with Gasteiger partial charge in [0, 0.05) is 30.1 Å². The summed E-state index contributed by atoms with van der Waals surface area (Å²) in [5, 5.41) is 20.4. The maximum absolute atomic E-state index is 13.3. The third-order valence-electron chi connectivity index (χ3n) is 6.63. The SMILES string of the molecule is C[C@@H]1Cc2nc(NC(=O)N[C@H]3CC[C@@H](O)CC3)sc2[C@H](C)N1c1cc(-c2ccc(F)cc2)on1. The molecule has 180 valence electrons. The van der Waals surface area contributed by atoms with E-state index in [-0.39, 0.29) is 36.1 Å². The minimum atomic E-state index is -0.296. The monoisotopic (exact) mass is 485 g/mol. The molecular weight excluding hydrogens is 457 g/mol. The summed E-state index contributed by atoms with van der Waals surface area (Å²) >= 11 is 1.47. The number of carbonyl (C=O) groups is 1. The van der Waals surface area contributed by atoms with Gasteiger partial charge in [0.25, 0.3) is 0 Å². The summed E-state index contributed by atoms with van der Waals surface area (Å²) in [6, 6.07) is 7.96. The highest BCUT2D eigenvalue weighted by Crippen LogP contribution is 2.41. The van der Waals surface area contributed by atoms with E-state index in [0.717, 1.165) is 35.4 Å². The summed E-state index contributed by atoms with van der Waals surface area (Å²) in [6.45, 7) is 4.21. The number of benzene rings is 1. The van der Waals surface area contributed by atoms with Crippen molar-refractivity contribution in [1.82, 2.24) is 15.5 Å². The van der Waals surface area contributed by atoms with E-state index in [4.69, 9.17) is 4.52 Å². The van der Waals surface area contributed by atoms with E-state index in [1.54, 1.807) is 12.1 Å². The number of amides is 2. The molecule has 1 fully saturated rings. The van der Waals surface area contributed by atoms with E-state index in [2.05, 4.69) is 39.5 Å². The van der Waals surface area contributed by atoms with E-state index in [1.165, 1.54) is 23.5 Å². The van der Waals surface area contributed by atoms with Gasteiger partial charge in [-0.1, -0.05) is 16.5 Å². The predicted molar refractivity (Wildman–Crippen MR) is 128 cm³/mol. The van der Waals surface area contributed by atoms with Crippen molar-refractivity contribution in [3.05, 3.63) is 46.7 Å². The van der Waals surface area contributed by atoms with Crippen LogP contribution in [0.15, 0.2) is 34.9 Å². The normalized spacial score (nSPS) is 24.5. The molecule has 5 rings (SSSR count). The zero-order valence-corrected chi connectivity index (χ0v) is 19.9. The van der Waals surface area contributed by atoms with Crippen molar-refractivity contribution in [2.75, 3.05) is 10.2 Å². The molecule has 2 aliphatic rings. The number of nitrogens with one attached hydrogen (secondary N) is 2. The van der Waals surface area contributed by atoms with Crippen molar-refractivity contribution in [2.45, 2.75) is 70.2 Å². The number of anilines is 2. The largest absolute Gasteiger partial charge is 0.393 e. The zero-order chi connectivity index (χ0) is 23.8. The Hall–Kier alpha value is -2.98. The molecule has 0 unspecified atom stereocenters. The summed E-state index contributed by atoms with van der Waals surface area (Å²) in [7, 11) is 0. The first-order valence-electron chi connectivity index (χ1n) is 11.6. The number of aliphatic hydroxyl groups is 1. The van der Waals surface area contributed by atoms with E-state index >= 15 is 0 Å². The lowest BCUT2D eigenvalue weighted by Crippen LogP contribution is -2.41. The minimum Gasteiger partial charge on any atom is -0.393 e. The number of hydrogen-bond acceptors (Lipinski definition) is 7. The van der Waals surface area contributed by atoms with E-state index in [9.17, 15) is 14.3 Å². The molecule has 2 aromatic heterocycles. The number of aliphatic hydroxyl groups excluding tert-OH is 1. The second-order valence-electron chi connectivity index (χ2n) is 9.13. The fraction of sp³-hybridized carbons (Fsp3) is 0.458. The van der Waals surface area contributed by atoms with Gasteiger partial charge in [0.2, 0.25) is 0 Å². The first-order valence-corrected chi connectivity index (χ1v) is 12.4. The fourth-order valence-electron chi connectivity index (χ4n) is 4.88. The molecule has 1 aliphatic heterocycles. The number of halogens is 1. The highest BCUT2D eigenvalue weighted by molar-refractivity contribution is 7.16. The first kappa shape index (κ1) is 22.8.